The molecule has 4 N–H and O–H groups in total. The molecule has 0 aromatic heterocycles. The van der Waals surface area contributed by atoms with Gasteiger partial charge in [-0.1, -0.05) is 19.8 Å². The van der Waals surface area contributed by atoms with Gasteiger partial charge in [0, 0.05) is 13.1 Å². The van der Waals surface area contributed by atoms with Gasteiger partial charge in [0.1, 0.15) is 0 Å². The molecule has 2 amide bonds. The van der Waals surface area contributed by atoms with E-state index in [0.29, 0.717) is 0 Å². The van der Waals surface area contributed by atoms with Crippen molar-refractivity contribution in [3.05, 3.63) is 0 Å². The topological polar surface area (TPSA) is 89.4 Å². The summed E-state index contributed by atoms with van der Waals surface area (Å²) >= 11 is 0. The number of nitrogens with zero attached hydrogens (tertiary/aromatic N) is 1. The highest BCUT2D eigenvalue weighted by atomic mass is 16.2. The molecule has 104 valence electrons. The molecular weight excluding hydrogens is 230 g/mol. The van der Waals surface area contributed by atoms with E-state index in [0.717, 1.165) is 31.8 Å². The minimum absolute atomic E-state index is 0.0618. The van der Waals surface area contributed by atoms with Crippen LogP contribution >= 0.6 is 0 Å². The number of hydrogen-bond acceptors (Lipinski definition) is 3. The number of carbonyl (C=O) groups is 2. The maximum absolute atomic E-state index is 12.0. The first-order valence-electron chi connectivity index (χ1n) is 6.87. The predicted molar refractivity (Wildman–Crippen MR) is 70.6 cm³/mol. The lowest BCUT2D eigenvalue weighted by Crippen LogP contribution is -2.46. The van der Waals surface area contributed by atoms with Crippen LogP contribution in [0.1, 0.15) is 45.4 Å². The van der Waals surface area contributed by atoms with E-state index in [1.54, 1.807) is 4.90 Å². The molecule has 0 bridgehead atoms. The number of likely N-dealkylation sites (tertiary alicyclic amines) is 1. The first-order chi connectivity index (χ1) is 8.54. The Morgan fingerprint density at radius 2 is 2.06 bits per heavy atom. The van der Waals surface area contributed by atoms with Crippen molar-refractivity contribution in [2.24, 2.45) is 17.4 Å². The van der Waals surface area contributed by atoms with Gasteiger partial charge < -0.3 is 16.4 Å². The molecule has 2 atom stereocenters. The maximum Gasteiger partial charge on any atom is 0.240 e. The van der Waals surface area contributed by atoms with Gasteiger partial charge in [-0.3, -0.25) is 9.59 Å². The summed E-state index contributed by atoms with van der Waals surface area (Å²) in [5.74, 6) is 0.0700. The lowest BCUT2D eigenvalue weighted by atomic mass is 9.96. The molecule has 0 aromatic carbocycles. The van der Waals surface area contributed by atoms with Gasteiger partial charge in [0.05, 0.1) is 12.5 Å². The first kappa shape index (κ1) is 15.0. The number of amides is 2. The molecule has 18 heavy (non-hydrogen) atoms. The van der Waals surface area contributed by atoms with Crippen molar-refractivity contribution in [3.63, 3.8) is 0 Å². The van der Waals surface area contributed by atoms with Crippen LogP contribution in [0.5, 0.6) is 0 Å². The highest BCUT2D eigenvalue weighted by molar-refractivity contribution is 5.87. The number of hydrogen-bond donors (Lipinski definition) is 2. The smallest absolute Gasteiger partial charge is 0.240 e. The van der Waals surface area contributed by atoms with Crippen molar-refractivity contribution in [2.45, 2.75) is 51.5 Å². The first-order valence-corrected chi connectivity index (χ1v) is 6.87. The minimum atomic E-state index is -0.773. The zero-order chi connectivity index (χ0) is 13.5. The van der Waals surface area contributed by atoms with Gasteiger partial charge in [-0.2, -0.15) is 0 Å². The Balaban J connectivity index is 2.46. The Morgan fingerprint density at radius 1 is 1.33 bits per heavy atom. The highest BCUT2D eigenvalue weighted by Crippen LogP contribution is 2.22. The van der Waals surface area contributed by atoms with Crippen molar-refractivity contribution >= 4 is 11.8 Å². The van der Waals surface area contributed by atoms with E-state index in [9.17, 15) is 9.59 Å². The average Bonchev–Trinajstić information content (AvgIpc) is 2.53. The summed E-state index contributed by atoms with van der Waals surface area (Å²) in [7, 11) is 0. The van der Waals surface area contributed by atoms with Crippen molar-refractivity contribution in [1.82, 2.24) is 4.90 Å². The van der Waals surface area contributed by atoms with Crippen LogP contribution in [0.25, 0.3) is 0 Å². The molecule has 0 aliphatic carbocycles. The fraction of sp³-hybridized carbons (Fsp3) is 0.846. The lowest BCUT2D eigenvalue weighted by molar-refractivity contribution is -0.134. The van der Waals surface area contributed by atoms with Crippen molar-refractivity contribution in [3.8, 4) is 0 Å². The Bertz CT molecular complexity index is 294. The molecule has 2 unspecified atom stereocenters. The van der Waals surface area contributed by atoms with E-state index in [4.69, 9.17) is 11.5 Å². The van der Waals surface area contributed by atoms with Crippen LogP contribution in [0.2, 0.25) is 0 Å². The number of nitrogens with two attached hydrogens (primary N) is 2. The normalized spacial score (nSPS) is 22.3. The summed E-state index contributed by atoms with van der Waals surface area (Å²) in [6.07, 6.45) is 5.62. The van der Waals surface area contributed by atoms with Gasteiger partial charge in [-0.25, -0.2) is 0 Å². The maximum atomic E-state index is 12.0. The van der Waals surface area contributed by atoms with Gasteiger partial charge >= 0.3 is 0 Å². The fourth-order valence-corrected chi connectivity index (χ4v) is 2.62. The third-order valence-corrected chi connectivity index (χ3v) is 3.59. The van der Waals surface area contributed by atoms with Crippen molar-refractivity contribution in [2.75, 3.05) is 13.1 Å². The van der Waals surface area contributed by atoms with Gasteiger partial charge in [0.25, 0.3) is 0 Å². The number of carbonyl (C=O) groups excluding carboxylic acids is 2. The minimum Gasteiger partial charge on any atom is -0.370 e. The molecule has 1 saturated heterocycles. The van der Waals surface area contributed by atoms with E-state index < -0.39 is 11.9 Å². The third kappa shape index (κ3) is 4.64. The Labute approximate surface area is 109 Å². The van der Waals surface area contributed by atoms with E-state index >= 15 is 0 Å². The average molecular weight is 255 g/mol. The molecule has 1 heterocycles. The molecule has 1 aliphatic rings. The fourth-order valence-electron chi connectivity index (χ4n) is 2.62. The van der Waals surface area contributed by atoms with E-state index in [1.807, 2.05) is 0 Å². The molecule has 1 rings (SSSR count). The van der Waals surface area contributed by atoms with Crippen LogP contribution in [-0.2, 0) is 9.59 Å². The summed E-state index contributed by atoms with van der Waals surface area (Å²) in [4.78, 5) is 24.6. The number of rotatable bonds is 5. The van der Waals surface area contributed by atoms with Crippen molar-refractivity contribution < 1.29 is 9.59 Å². The van der Waals surface area contributed by atoms with Crippen LogP contribution in [0.3, 0.4) is 0 Å². The second kappa shape index (κ2) is 7.36. The summed E-state index contributed by atoms with van der Waals surface area (Å²) in [5.41, 5.74) is 10.8. The Kier molecular flexibility index (Phi) is 6.12. The molecular formula is C13H25N3O2. The van der Waals surface area contributed by atoms with Gasteiger partial charge in [0.15, 0.2) is 0 Å². The van der Waals surface area contributed by atoms with Gasteiger partial charge in [-0.15, -0.1) is 0 Å². The molecule has 5 nitrogen and oxygen atoms in total. The van der Waals surface area contributed by atoms with E-state index in [1.165, 1.54) is 19.3 Å². The van der Waals surface area contributed by atoms with Crippen LogP contribution < -0.4 is 11.5 Å². The summed E-state index contributed by atoms with van der Waals surface area (Å²) in [5, 5.41) is 0. The molecule has 0 radical (unpaired) electrons. The molecule has 0 spiro atoms. The monoisotopic (exact) mass is 255 g/mol. The Morgan fingerprint density at radius 3 is 2.67 bits per heavy atom. The van der Waals surface area contributed by atoms with Gasteiger partial charge in [-0.05, 0) is 25.2 Å². The molecule has 0 aromatic rings. The second-order valence-corrected chi connectivity index (χ2v) is 5.19. The van der Waals surface area contributed by atoms with Crippen molar-refractivity contribution in [1.29, 1.82) is 0 Å². The Hall–Kier alpha value is -1.10. The summed E-state index contributed by atoms with van der Waals surface area (Å²) < 4.78 is 0. The van der Waals surface area contributed by atoms with Crippen LogP contribution in [0, 0.1) is 5.92 Å². The highest BCUT2D eigenvalue weighted by Gasteiger charge is 2.25. The van der Waals surface area contributed by atoms with E-state index in [-0.39, 0.29) is 12.3 Å². The van der Waals surface area contributed by atoms with Crippen LogP contribution in [-0.4, -0.2) is 35.8 Å². The molecule has 0 saturated carbocycles. The van der Waals surface area contributed by atoms with Crippen LogP contribution in [0.4, 0.5) is 0 Å². The van der Waals surface area contributed by atoms with E-state index in [2.05, 4.69) is 6.92 Å². The molecule has 1 aliphatic heterocycles. The zero-order valence-electron chi connectivity index (χ0n) is 11.2. The summed E-state index contributed by atoms with van der Waals surface area (Å²) in [6.45, 7) is 3.71. The second-order valence-electron chi connectivity index (χ2n) is 5.19. The third-order valence-electron chi connectivity index (χ3n) is 3.59. The molecule has 1 fully saturated rings. The largest absolute Gasteiger partial charge is 0.370 e. The SMILES string of the molecule is CCCC1CCCN(C(=O)C(N)CC(N)=O)CC1. The standard InChI is InChI=1S/C13H25N3O2/c1-2-4-10-5-3-7-16(8-6-10)13(18)11(14)9-12(15)17/h10-11H,2-9,14H2,1H3,(H2,15,17). The zero-order valence-corrected chi connectivity index (χ0v) is 11.2. The quantitative estimate of drug-likeness (QED) is 0.754. The number of primary amides is 1. The van der Waals surface area contributed by atoms with Gasteiger partial charge in [0.2, 0.25) is 11.8 Å². The molecule has 5 heteroatoms. The predicted octanol–water partition coefficient (Wildman–Crippen LogP) is 0.618. The lowest BCUT2D eigenvalue weighted by Gasteiger charge is -2.23. The van der Waals surface area contributed by atoms with Crippen LogP contribution in [0.15, 0.2) is 0 Å². The summed E-state index contributed by atoms with van der Waals surface area (Å²) in [6, 6.07) is -0.773.